The first-order chi connectivity index (χ1) is 8.91. The smallest absolute Gasteiger partial charge is 0.136 e. The van der Waals surface area contributed by atoms with Gasteiger partial charge in [-0.25, -0.2) is 4.98 Å². The Morgan fingerprint density at radius 1 is 1.42 bits per heavy atom. The summed E-state index contributed by atoms with van der Waals surface area (Å²) in [6, 6.07) is 4.24. The highest BCUT2D eigenvalue weighted by molar-refractivity contribution is 7.90. The van der Waals surface area contributed by atoms with Crippen LogP contribution in [0.25, 0.3) is 5.52 Å². The van der Waals surface area contributed by atoms with Gasteiger partial charge in [-0.15, -0.1) is 4.72 Å². The number of aromatic nitrogens is 2. The van der Waals surface area contributed by atoms with Gasteiger partial charge in [-0.05, 0) is 44.9 Å². The number of pyridine rings is 1. The highest BCUT2D eigenvalue weighted by atomic mass is 32.2. The third-order valence-electron chi connectivity index (χ3n) is 3.02. The van der Waals surface area contributed by atoms with E-state index in [4.69, 9.17) is 0 Å². The van der Waals surface area contributed by atoms with Crippen molar-refractivity contribution in [1.82, 2.24) is 14.1 Å². The molecule has 104 valence electrons. The molecule has 1 atom stereocenters. The molecule has 19 heavy (non-hydrogen) atoms. The zero-order chi connectivity index (χ0) is 14.0. The van der Waals surface area contributed by atoms with Gasteiger partial charge in [0.1, 0.15) is 4.75 Å². The summed E-state index contributed by atoms with van der Waals surface area (Å²) in [5, 5.41) is 0. The van der Waals surface area contributed by atoms with Gasteiger partial charge in [0.2, 0.25) is 0 Å². The van der Waals surface area contributed by atoms with E-state index in [1.807, 2.05) is 31.4 Å². The van der Waals surface area contributed by atoms with E-state index in [0.29, 0.717) is 6.54 Å². The van der Waals surface area contributed by atoms with Gasteiger partial charge >= 0.3 is 0 Å². The first kappa shape index (κ1) is 14.4. The normalized spacial score (nSPS) is 13.9. The van der Waals surface area contributed by atoms with Crippen LogP contribution in [0.1, 0.15) is 39.0 Å². The minimum atomic E-state index is -1.07. The molecule has 0 radical (unpaired) electrons. The predicted octanol–water partition coefficient (Wildman–Crippen LogP) is 2.45. The maximum absolute atomic E-state index is 12.0. The number of nitrogens with one attached hydrogen (secondary N) is 1. The van der Waals surface area contributed by atoms with E-state index in [-0.39, 0.29) is 4.75 Å². The molecule has 1 unspecified atom stereocenters. The van der Waals surface area contributed by atoms with Crippen molar-refractivity contribution < 1.29 is 4.55 Å². The maximum atomic E-state index is 12.0. The second kappa shape index (κ2) is 5.53. The fourth-order valence-electron chi connectivity index (χ4n) is 1.79. The van der Waals surface area contributed by atoms with Crippen molar-refractivity contribution in [3.05, 3.63) is 35.9 Å². The highest BCUT2D eigenvalue weighted by Crippen LogP contribution is 2.16. The zero-order valence-electron chi connectivity index (χ0n) is 11.9. The quantitative estimate of drug-likeness (QED) is 0.875. The minimum Gasteiger partial charge on any atom is -0.598 e. The van der Waals surface area contributed by atoms with Crippen molar-refractivity contribution in [3.63, 3.8) is 0 Å². The standard InChI is InChI=1S/C14H21N3OS/c1-5-11-6-7-17-10-15-12(13(17)8-11)9-16-19(18)14(2,3)4/h6-8,10,16H,5,9H2,1-4H3. The number of rotatable bonds is 4. The molecular formula is C14H21N3OS. The van der Waals surface area contributed by atoms with Crippen LogP contribution >= 0.6 is 0 Å². The van der Waals surface area contributed by atoms with E-state index < -0.39 is 11.4 Å². The molecule has 1 N–H and O–H groups in total. The second-order valence-electron chi connectivity index (χ2n) is 5.57. The number of hydrogen-bond acceptors (Lipinski definition) is 3. The Morgan fingerprint density at radius 2 is 2.16 bits per heavy atom. The van der Waals surface area contributed by atoms with E-state index in [2.05, 4.69) is 28.8 Å². The van der Waals surface area contributed by atoms with Gasteiger partial charge in [0.25, 0.3) is 0 Å². The van der Waals surface area contributed by atoms with E-state index in [0.717, 1.165) is 17.6 Å². The second-order valence-corrected chi connectivity index (χ2v) is 7.63. The van der Waals surface area contributed by atoms with Crippen molar-refractivity contribution in [3.8, 4) is 0 Å². The summed E-state index contributed by atoms with van der Waals surface area (Å²) in [4.78, 5) is 4.39. The lowest BCUT2D eigenvalue weighted by atomic mass is 10.2. The summed E-state index contributed by atoms with van der Waals surface area (Å²) in [5.41, 5.74) is 3.30. The molecule has 0 aliphatic heterocycles. The molecule has 2 heterocycles. The van der Waals surface area contributed by atoms with Crippen LogP contribution in [0.2, 0.25) is 0 Å². The van der Waals surface area contributed by atoms with Crippen LogP contribution in [0.5, 0.6) is 0 Å². The van der Waals surface area contributed by atoms with Crippen LogP contribution in [0, 0.1) is 0 Å². The average molecular weight is 279 g/mol. The monoisotopic (exact) mass is 279 g/mol. The maximum Gasteiger partial charge on any atom is 0.136 e. The Labute approximate surface area is 117 Å². The molecule has 0 saturated carbocycles. The molecule has 0 aliphatic carbocycles. The lowest BCUT2D eigenvalue weighted by molar-refractivity contribution is 0.543. The van der Waals surface area contributed by atoms with Crippen LogP contribution in [0.15, 0.2) is 24.7 Å². The molecule has 2 aromatic heterocycles. The van der Waals surface area contributed by atoms with Crippen molar-refractivity contribution in [2.24, 2.45) is 0 Å². The first-order valence-corrected chi connectivity index (χ1v) is 7.66. The van der Waals surface area contributed by atoms with E-state index in [1.165, 1.54) is 5.56 Å². The van der Waals surface area contributed by atoms with Gasteiger partial charge < -0.3 is 8.95 Å². The fourth-order valence-corrected chi connectivity index (χ4v) is 2.49. The highest BCUT2D eigenvalue weighted by Gasteiger charge is 2.26. The van der Waals surface area contributed by atoms with E-state index in [1.54, 1.807) is 6.33 Å². The van der Waals surface area contributed by atoms with Crippen LogP contribution in [-0.4, -0.2) is 18.7 Å². The Morgan fingerprint density at radius 3 is 2.79 bits per heavy atom. The molecule has 0 aliphatic rings. The number of nitrogens with zero attached hydrogens (tertiary/aromatic N) is 2. The van der Waals surface area contributed by atoms with E-state index >= 15 is 0 Å². The third kappa shape index (κ3) is 3.29. The van der Waals surface area contributed by atoms with E-state index in [9.17, 15) is 4.55 Å². The SMILES string of the molecule is CCc1ccn2cnc(CN[S+]([O-])C(C)(C)C)c2c1. The summed E-state index contributed by atoms with van der Waals surface area (Å²) in [6.07, 6.45) is 4.82. The lowest BCUT2D eigenvalue weighted by Crippen LogP contribution is -2.39. The van der Waals surface area contributed by atoms with Gasteiger partial charge in [0.15, 0.2) is 0 Å². The van der Waals surface area contributed by atoms with Crippen LogP contribution < -0.4 is 4.72 Å². The molecule has 0 bridgehead atoms. The minimum absolute atomic E-state index is 0.260. The van der Waals surface area contributed by atoms with Crippen LogP contribution in [0.4, 0.5) is 0 Å². The van der Waals surface area contributed by atoms with Gasteiger partial charge in [-0.2, -0.15) is 0 Å². The summed E-state index contributed by atoms with van der Waals surface area (Å²) < 4.78 is 16.8. The molecule has 0 aromatic carbocycles. The molecule has 2 rings (SSSR count). The zero-order valence-corrected chi connectivity index (χ0v) is 12.8. The molecule has 2 aromatic rings. The lowest BCUT2D eigenvalue weighted by Gasteiger charge is -2.23. The number of fused-ring (bicyclic) bond motifs is 1. The molecule has 0 saturated heterocycles. The fraction of sp³-hybridized carbons (Fsp3) is 0.500. The Hall–Kier alpha value is -1.04. The molecule has 4 nitrogen and oxygen atoms in total. The van der Waals surface area contributed by atoms with Crippen LogP contribution in [0.3, 0.4) is 0 Å². The molecule has 0 spiro atoms. The van der Waals surface area contributed by atoms with Gasteiger partial charge in [0, 0.05) is 17.6 Å². The van der Waals surface area contributed by atoms with Crippen molar-refractivity contribution in [2.45, 2.75) is 45.4 Å². The average Bonchev–Trinajstić information content (AvgIpc) is 2.76. The number of imidazole rings is 1. The summed E-state index contributed by atoms with van der Waals surface area (Å²) in [5.74, 6) is 0. The van der Waals surface area contributed by atoms with Crippen molar-refractivity contribution in [2.75, 3.05) is 0 Å². The topological polar surface area (TPSA) is 52.4 Å². The van der Waals surface area contributed by atoms with Gasteiger partial charge in [0.05, 0.1) is 24.1 Å². The Bertz CT molecular complexity index is 559. The number of hydrogen-bond donors (Lipinski definition) is 1. The molecule has 0 amide bonds. The Balaban J connectivity index is 2.17. The summed E-state index contributed by atoms with van der Waals surface area (Å²) in [6.45, 7) is 8.52. The first-order valence-electron chi connectivity index (χ1n) is 6.51. The summed E-state index contributed by atoms with van der Waals surface area (Å²) >= 11 is -1.07. The third-order valence-corrected chi connectivity index (χ3v) is 4.54. The van der Waals surface area contributed by atoms with Gasteiger partial charge in [-0.3, -0.25) is 0 Å². The van der Waals surface area contributed by atoms with Gasteiger partial charge in [-0.1, -0.05) is 6.92 Å². The molecule has 5 heteroatoms. The molecule has 0 fully saturated rings. The predicted molar refractivity (Wildman–Crippen MR) is 79.3 cm³/mol. The number of aryl methyl sites for hydroxylation is 1. The molecular weight excluding hydrogens is 258 g/mol. The van der Waals surface area contributed by atoms with Crippen LogP contribution in [-0.2, 0) is 24.3 Å². The Kier molecular flexibility index (Phi) is 4.18. The van der Waals surface area contributed by atoms with Crippen molar-refractivity contribution in [1.29, 1.82) is 0 Å². The summed E-state index contributed by atoms with van der Waals surface area (Å²) in [7, 11) is 0. The largest absolute Gasteiger partial charge is 0.598 e. The van der Waals surface area contributed by atoms with Crippen molar-refractivity contribution >= 4 is 16.9 Å².